The molecule has 0 radical (unpaired) electrons. The van der Waals surface area contributed by atoms with E-state index in [0.29, 0.717) is 0 Å². The molecule has 0 aliphatic rings. The van der Waals surface area contributed by atoms with Gasteiger partial charge in [0.05, 0.1) is 0 Å². The van der Waals surface area contributed by atoms with E-state index in [1.807, 2.05) is 76.2 Å². The number of benzene rings is 5. The van der Waals surface area contributed by atoms with Crippen molar-refractivity contribution in [3.05, 3.63) is 143 Å². The van der Waals surface area contributed by atoms with Crippen molar-refractivity contribution in [3.8, 4) is 11.5 Å². The zero-order chi connectivity index (χ0) is 28.5. The third-order valence-electron chi connectivity index (χ3n) is 7.60. The first-order valence-electron chi connectivity index (χ1n) is 13.2. The molecule has 2 N–H and O–H groups in total. The van der Waals surface area contributed by atoms with Gasteiger partial charge in [-0.25, -0.2) is 0 Å². The summed E-state index contributed by atoms with van der Waals surface area (Å²) in [5.74, 6) is -1.45. The van der Waals surface area contributed by atoms with Gasteiger partial charge in [0.15, 0.2) is 0 Å². The van der Waals surface area contributed by atoms with Gasteiger partial charge in [-0.15, -0.1) is 0 Å². The minimum atomic E-state index is -5.59. The van der Waals surface area contributed by atoms with Crippen LogP contribution in [0, 0.1) is 27.7 Å². The first-order valence-corrected chi connectivity index (χ1v) is 19.4. The predicted octanol–water partition coefficient (Wildman–Crippen LogP) is 5.02. The first kappa shape index (κ1) is 27.6. The zero-order valence-corrected chi connectivity index (χ0v) is 25.7. The quantitative estimate of drug-likeness (QED) is 0.257. The Kier molecular flexibility index (Phi) is 7.25. The number of hydrogen-bond donors (Lipinski definition) is 2. The molecule has 5 heteroatoms. The predicted molar refractivity (Wildman–Crippen MR) is 164 cm³/mol. The minimum absolute atomic E-state index is 0.251. The third-order valence-corrected chi connectivity index (χ3v) is 23.8. The number of phenols is 2. The Morgan fingerprint density at radius 2 is 0.775 bits per heavy atom. The molecule has 40 heavy (non-hydrogen) atoms. The van der Waals surface area contributed by atoms with Crippen LogP contribution >= 0.6 is 0 Å². The standard InChI is InChI=1S/C7H6O4.4C7H7.Sb/c8-4-2-1-3-5(9)6(4)7(10)11;4*1-7-5-3-2-4-6-7;/h1-3,8-9H,(H,10,11);4*3-6H,1H3;/q;;;;;+1/p-1. The van der Waals surface area contributed by atoms with Gasteiger partial charge < -0.3 is 0 Å². The van der Waals surface area contributed by atoms with Crippen LogP contribution in [0.3, 0.4) is 0 Å². The van der Waals surface area contributed by atoms with Crippen molar-refractivity contribution in [1.82, 2.24) is 0 Å². The van der Waals surface area contributed by atoms with E-state index in [4.69, 9.17) is 3.02 Å². The summed E-state index contributed by atoms with van der Waals surface area (Å²) in [6.45, 7) is 8.12. The van der Waals surface area contributed by atoms with Gasteiger partial charge in [0.25, 0.3) is 0 Å². The van der Waals surface area contributed by atoms with Crippen LogP contribution in [-0.4, -0.2) is 34.0 Å². The molecule has 0 spiro atoms. The van der Waals surface area contributed by atoms with Crippen molar-refractivity contribution in [1.29, 1.82) is 0 Å². The normalized spacial score (nSPS) is 12.3. The Hall–Kier alpha value is -4.01. The van der Waals surface area contributed by atoms with Crippen LogP contribution in [0.25, 0.3) is 0 Å². The molecule has 0 aromatic heterocycles. The summed E-state index contributed by atoms with van der Waals surface area (Å²) in [6.07, 6.45) is 0. The molecule has 5 rings (SSSR count). The Labute approximate surface area is 237 Å². The second-order valence-electron chi connectivity index (χ2n) is 10.4. The molecular formula is C35H33O4Sb. The summed E-state index contributed by atoms with van der Waals surface area (Å²) < 4.78 is 10.7. The number of carbonyl (C=O) groups excluding carboxylic acids is 1. The number of aryl methyl sites for hydroxylation is 4. The van der Waals surface area contributed by atoms with Gasteiger partial charge in [-0.2, -0.15) is 0 Å². The Balaban J connectivity index is 2.02. The fourth-order valence-corrected chi connectivity index (χ4v) is 21.1. The first-order chi connectivity index (χ1) is 19.1. The molecule has 0 aliphatic carbocycles. The summed E-state index contributed by atoms with van der Waals surface area (Å²) in [5, 5.41) is 21.5. The van der Waals surface area contributed by atoms with Crippen LogP contribution in [-0.2, 0) is 3.02 Å². The van der Waals surface area contributed by atoms with E-state index >= 15 is 0 Å². The summed E-state index contributed by atoms with van der Waals surface area (Å²) in [4.78, 5) is 14.4. The number of phenolic OH excluding ortho intramolecular Hbond substituents is 2. The Morgan fingerprint density at radius 1 is 0.500 bits per heavy atom. The van der Waals surface area contributed by atoms with Gasteiger partial charge in [-0.1, -0.05) is 0 Å². The van der Waals surface area contributed by atoms with Crippen LogP contribution in [0.2, 0.25) is 0 Å². The van der Waals surface area contributed by atoms with Crippen molar-refractivity contribution < 1.29 is 18.0 Å². The van der Waals surface area contributed by atoms with Crippen LogP contribution < -0.4 is 14.0 Å². The van der Waals surface area contributed by atoms with Crippen molar-refractivity contribution in [2.45, 2.75) is 27.7 Å². The van der Waals surface area contributed by atoms with Crippen molar-refractivity contribution >= 4 is 37.8 Å². The second kappa shape index (κ2) is 10.5. The van der Waals surface area contributed by atoms with E-state index in [1.54, 1.807) is 0 Å². The summed E-state index contributed by atoms with van der Waals surface area (Å²) in [7, 11) is 0. The molecule has 5 aromatic carbocycles. The van der Waals surface area contributed by atoms with Crippen molar-refractivity contribution in [3.63, 3.8) is 0 Å². The molecule has 5 aromatic rings. The molecular weight excluding hydrogens is 606 g/mol. The SMILES string of the molecule is Cc1cc[c]([Sb]([O]C(=O)c2c(O)cccc2O)([c]2ccc(C)cc2)([c]2ccc(C)cc2)[c]2ccc(C)cc2)cc1. The van der Waals surface area contributed by atoms with Gasteiger partial charge in [0.2, 0.25) is 0 Å². The molecule has 4 nitrogen and oxygen atoms in total. The molecule has 0 amide bonds. The number of hydrogen-bond acceptors (Lipinski definition) is 4. The molecule has 0 heterocycles. The fraction of sp³-hybridized carbons (Fsp3) is 0.114. The molecule has 202 valence electrons. The maximum atomic E-state index is 14.4. The summed E-state index contributed by atoms with van der Waals surface area (Å²) in [5.41, 5.74) is 4.08. The molecule has 0 unspecified atom stereocenters. The van der Waals surface area contributed by atoms with Gasteiger partial charge >= 0.3 is 238 Å². The Bertz CT molecular complexity index is 1460. The van der Waals surface area contributed by atoms with E-state index < -0.39 is 23.8 Å². The van der Waals surface area contributed by atoms with Crippen LogP contribution in [0.4, 0.5) is 0 Å². The van der Waals surface area contributed by atoms with Gasteiger partial charge in [-0.3, -0.25) is 0 Å². The molecule has 0 aliphatic heterocycles. The number of carbonyl (C=O) groups is 1. The van der Waals surface area contributed by atoms with Crippen molar-refractivity contribution in [2.75, 3.05) is 0 Å². The van der Waals surface area contributed by atoms with E-state index in [-0.39, 0.29) is 17.1 Å². The van der Waals surface area contributed by atoms with Crippen molar-refractivity contribution in [2.24, 2.45) is 0 Å². The average molecular weight is 639 g/mol. The average Bonchev–Trinajstić information content (AvgIpc) is 2.94. The van der Waals surface area contributed by atoms with Gasteiger partial charge in [0.1, 0.15) is 0 Å². The summed E-state index contributed by atoms with van der Waals surface area (Å²) in [6, 6.07) is 37.1. The monoisotopic (exact) mass is 638 g/mol. The molecule has 0 bridgehead atoms. The second-order valence-corrected chi connectivity index (χ2v) is 22.8. The fourth-order valence-electron chi connectivity index (χ4n) is 5.37. The Morgan fingerprint density at radius 3 is 1.05 bits per heavy atom. The molecule has 0 atom stereocenters. The van der Waals surface area contributed by atoms with Gasteiger partial charge in [-0.05, 0) is 0 Å². The van der Waals surface area contributed by atoms with Crippen LogP contribution in [0.15, 0.2) is 115 Å². The maximum absolute atomic E-state index is 14.4. The van der Waals surface area contributed by atoms with Crippen LogP contribution in [0.5, 0.6) is 11.5 Å². The summed E-state index contributed by atoms with van der Waals surface area (Å²) >= 11 is -5.59. The van der Waals surface area contributed by atoms with Gasteiger partial charge in [0, 0.05) is 0 Å². The van der Waals surface area contributed by atoms with E-state index in [1.165, 1.54) is 18.2 Å². The third kappa shape index (κ3) is 4.37. The number of rotatable bonds is 6. The zero-order valence-electron chi connectivity index (χ0n) is 23.1. The van der Waals surface area contributed by atoms with E-state index in [9.17, 15) is 15.0 Å². The topological polar surface area (TPSA) is 66.8 Å². The van der Waals surface area contributed by atoms with Crippen LogP contribution in [0.1, 0.15) is 32.6 Å². The van der Waals surface area contributed by atoms with E-state index in [2.05, 4.69) is 48.5 Å². The molecule has 0 saturated heterocycles. The molecule has 0 saturated carbocycles. The molecule has 0 fully saturated rings. The number of aromatic hydroxyl groups is 2. The van der Waals surface area contributed by atoms with E-state index in [0.717, 1.165) is 36.3 Å².